The van der Waals surface area contributed by atoms with Gasteiger partial charge in [0.1, 0.15) is 27.1 Å². The average molecular weight is 555 g/mol. The molecule has 41 heavy (non-hydrogen) atoms. The summed E-state index contributed by atoms with van der Waals surface area (Å²) in [4.78, 5) is 9.97. The summed E-state index contributed by atoms with van der Waals surface area (Å²) in [5, 5.41) is 6.26. The van der Waals surface area contributed by atoms with Gasteiger partial charge in [0.15, 0.2) is 23.0 Å². The monoisotopic (exact) mass is 554 g/mol. The van der Waals surface area contributed by atoms with Crippen LogP contribution in [0.2, 0.25) is 5.02 Å². The summed E-state index contributed by atoms with van der Waals surface area (Å²) in [5.41, 5.74) is 6.12. The van der Waals surface area contributed by atoms with Gasteiger partial charge in [-0.2, -0.15) is 0 Å². The highest BCUT2D eigenvalue weighted by Crippen LogP contribution is 2.45. The molecule has 0 unspecified atom stereocenters. The number of ether oxygens (including phenoxy) is 2. The van der Waals surface area contributed by atoms with Crippen molar-refractivity contribution in [3.8, 4) is 23.0 Å². The minimum absolute atomic E-state index is 0.393. The summed E-state index contributed by atoms with van der Waals surface area (Å²) in [6.45, 7) is 6.02. The fourth-order valence-corrected chi connectivity index (χ4v) is 6.84. The summed E-state index contributed by atoms with van der Waals surface area (Å²) in [6.07, 6.45) is 0. The smallest absolute Gasteiger partial charge is 0.174 e. The number of halogens is 1. The first kappa shape index (κ1) is 22.9. The third-order valence-corrected chi connectivity index (χ3v) is 8.74. The molecule has 198 valence electrons. The van der Waals surface area contributed by atoms with Crippen molar-refractivity contribution in [3.05, 3.63) is 94.6 Å². The molecule has 0 radical (unpaired) electrons. The number of benzene rings is 5. The molecular weight excluding hydrogens is 532 g/mol. The van der Waals surface area contributed by atoms with E-state index >= 15 is 0 Å². The third-order valence-electron chi connectivity index (χ3n) is 8.38. The molecule has 0 spiro atoms. The average Bonchev–Trinajstić information content (AvgIpc) is 3.48. The molecule has 0 N–H and O–H groups in total. The normalized spacial score (nSPS) is 13.2. The molecule has 0 aliphatic carbocycles. The fourth-order valence-electron chi connectivity index (χ4n) is 6.57. The molecule has 0 saturated carbocycles. The van der Waals surface area contributed by atoms with Crippen LogP contribution in [-0.4, -0.2) is 9.13 Å². The fraction of sp³-hybridized carbons (Fsp3) is 0.118. The van der Waals surface area contributed by atoms with Gasteiger partial charge in [0.2, 0.25) is 0 Å². The van der Waals surface area contributed by atoms with E-state index in [-0.39, 0.29) is 0 Å². The predicted octanol–water partition coefficient (Wildman–Crippen LogP) is 8.71. The maximum absolute atomic E-state index is 6.99. The molecule has 9 rings (SSSR count). The minimum atomic E-state index is 0.393. The molecule has 7 heteroatoms. The van der Waals surface area contributed by atoms with E-state index in [0.717, 1.165) is 46.3 Å². The van der Waals surface area contributed by atoms with Crippen molar-refractivity contribution >= 4 is 66.6 Å². The van der Waals surface area contributed by atoms with Crippen molar-refractivity contribution in [1.82, 2.24) is 9.13 Å². The highest BCUT2D eigenvalue weighted by molar-refractivity contribution is 6.32. The minimum Gasteiger partial charge on any atom is -0.453 e. The van der Waals surface area contributed by atoms with Crippen LogP contribution in [0.1, 0.15) is 13.8 Å². The van der Waals surface area contributed by atoms with E-state index in [2.05, 4.69) is 95.8 Å². The van der Waals surface area contributed by atoms with E-state index in [1.807, 2.05) is 6.07 Å². The van der Waals surface area contributed by atoms with Crippen molar-refractivity contribution in [2.24, 2.45) is 9.98 Å². The Morgan fingerprint density at radius 3 is 1.78 bits per heavy atom. The van der Waals surface area contributed by atoms with Crippen LogP contribution in [0, 0.1) is 0 Å². The van der Waals surface area contributed by atoms with Gasteiger partial charge >= 0.3 is 0 Å². The number of hydrogen-bond donors (Lipinski definition) is 0. The molecule has 2 aliphatic heterocycles. The van der Waals surface area contributed by atoms with Crippen molar-refractivity contribution in [3.63, 3.8) is 0 Å². The van der Waals surface area contributed by atoms with E-state index in [1.165, 1.54) is 21.8 Å². The molecule has 0 bridgehead atoms. The second-order valence-electron chi connectivity index (χ2n) is 10.5. The Hall–Kier alpha value is -4.81. The lowest BCUT2D eigenvalue weighted by Crippen LogP contribution is -2.20. The molecule has 7 aromatic rings. The van der Waals surface area contributed by atoms with Crippen molar-refractivity contribution in [1.29, 1.82) is 0 Å². The first-order valence-corrected chi connectivity index (χ1v) is 14.3. The second kappa shape index (κ2) is 8.12. The van der Waals surface area contributed by atoms with Gasteiger partial charge in [-0.15, -0.1) is 0 Å². The van der Waals surface area contributed by atoms with E-state index in [9.17, 15) is 0 Å². The first-order chi connectivity index (χ1) is 20.1. The number of nitrogens with zero attached hydrogens (tertiary/aromatic N) is 4. The van der Waals surface area contributed by atoms with Gasteiger partial charge in [-0.1, -0.05) is 48.0 Å². The van der Waals surface area contributed by atoms with Gasteiger partial charge in [-0.05, 0) is 38.1 Å². The van der Waals surface area contributed by atoms with Crippen LogP contribution >= 0.6 is 11.6 Å². The number of aromatic nitrogens is 2. The number of rotatable bonds is 2. The highest BCUT2D eigenvalue weighted by Gasteiger charge is 2.25. The van der Waals surface area contributed by atoms with E-state index in [4.69, 9.17) is 31.1 Å². The molecule has 2 aromatic heterocycles. The Morgan fingerprint density at radius 2 is 1.17 bits per heavy atom. The zero-order valence-electron chi connectivity index (χ0n) is 22.4. The van der Waals surface area contributed by atoms with Gasteiger partial charge in [0.05, 0.1) is 11.0 Å². The first-order valence-electron chi connectivity index (χ1n) is 13.9. The molecule has 4 heterocycles. The Labute approximate surface area is 239 Å². The van der Waals surface area contributed by atoms with E-state index in [0.29, 0.717) is 38.7 Å². The lowest BCUT2D eigenvalue weighted by atomic mass is 10.1. The molecular formula is C34H23ClN4O2. The van der Waals surface area contributed by atoms with Crippen molar-refractivity contribution < 1.29 is 9.47 Å². The van der Waals surface area contributed by atoms with E-state index in [1.54, 1.807) is 0 Å². The molecule has 0 fully saturated rings. The number of fused-ring (bicyclic) bond motifs is 10. The molecule has 0 atom stereocenters. The number of aryl methyl sites for hydroxylation is 2. The van der Waals surface area contributed by atoms with Crippen LogP contribution < -0.4 is 20.2 Å². The van der Waals surface area contributed by atoms with Gasteiger partial charge in [0.25, 0.3) is 0 Å². The Balaban J connectivity index is 1.25. The van der Waals surface area contributed by atoms with Crippen LogP contribution in [0.15, 0.2) is 88.8 Å². The maximum Gasteiger partial charge on any atom is 0.174 e. The van der Waals surface area contributed by atoms with Gasteiger partial charge in [-0.3, -0.25) is 0 Å². The molecule has 6 nitrogen and oxygen atoms in total. The Kier molecular flexibility index (Phi) is 4.54. The van der Waals surface area contributed by atoms with Crippen LogP contribution in [0.5, 0.6) is 23.0 Å². The van der Waals surface area contributed by atoms with E-state index < -0.39 is 0 Å². The number of hydrogen-bond acceptors (Lipinski definition) is 4. The molecule has 0 amide bonds. The summed E-state index contributed by atoms with van der Waals surface area (Å²) >= 11 is 6.99. The van der Waals surface area contributed by atoms with Crippen LogP contribution in [-0.2, 0) is 13.1 Å². The lowest BCUT2D eigenvalue weighted by Gasteiger charge is -2.20. The quantitative estimate of drug-likeness (QED) is 0.214. The van der Waals surface area contributed by atoms with Crippen molar-refractivity contribution in [2.45, 2.75) is 26.9 Å². The Morgan fingerprint density at radius 1 is 0.610 bits per heavy atom. The van der Waals surface area contributed by atoms with Crippen LogP contribution in [0.3, 0.4) is 0 Å². The number of para-hydroxylation sites is 2. The summed E-state index contributed by atoms with van der Waals surface area (Å²) in [6, 6.07) is 27.1. The standard InChI is InChI=1S/C34H23ClN4O2/c1-3-38-26-12-8-6-10-19(26)21-14-23-29(16-27(21)38)40-31-15-24-34(32(35)33(31)37-23)41-30-17-28-20(13-22(30)36-24)18-9-5-7-11-25(18)39(28)4-2/h5-17H,3-4H2,1-2H3. The molecule has 0 saturated heterocycles. The van der Waals surface area contributed by atoms with Crippen molar-refractivity contribution in [2.75, 3.05) is 0 Å². The second-order valence-corrected chi connectivity index (χ2v) is 10.9. The van der Waals surface area contributed by atoms with Crippen LogP contribution in [0.4, 0.5) is 11.4 Å². The van der Waals surface area contributed by atoms with Crippen LogP contribution in [0.25, 0.3) is 43.6 Å². The summed E-state index contributed by atoms with van der Waals surface area (Å²) in [5.74, 6) is 2.44. The zero-order valence-corrected chi connectivity index (χ0v) is 23.2. The van der Waals surface area contributed by atoms with Gasteiger partial charge < -0.3 is 18.6 Å². The lowest BCUT2D eigenvalue weighted by molar-refractivity contribution is 0.451. The van der Waals surface area contributed by atoms with Gasteiger partial charge in [0, 0.05) is 63.9 Å². The summed E-state index contributed by atoms with van der Waals surface area (Å²) in [7, 11) is 0. The predicted molar refractivity (Wildman–Crippen MR) is 163 cm³/mol. The largest absolute Gasteiger partial charge is 0.453 e. The SMILES string of the molecule is CCn1c2ccccc2c2cc3c(cc21)Oc1c(Cl)c2c(cc1=N3)Oc1cc3c(cc1N=2)c1ccccc1n3CC. The Bertz CT molecular complexity index is 2420. The summed E-state index contributed by atoms with van der Waals surface area (Å²) < 4.78 is 17.5. The zero-order chi connectivity index (χ0) is 27.4. The van der Waals surface area contributed by atoms with Gasteiger partial charge in [-0.25, -0.2) is 9.98 Å². The molecule has 2 aliphatic rings. The maximum atomic E-state index is 6.99. The highest BCUT2D eigenvalue weighted by atomic mass is 35.5. The molecule has 5 aromatic carbocycles. The topological polar surface area (TPSA) is 53.0 Å². The third kappa shape index (κ3) is 3.03.